The maximum atomic E-state index is 11.5. The number of hydrogen-bond donors (Lipinski definition) is 2. The first-order valence-corrected chi connectivity index (χ1v) is 5.72. The predicted octanol–water partition coefficient (Wildman–Crippen LogP) is 0.750. The molecule has 94 valence electrons. The molecule has 2 rings (SSSR count). The molecule has 1 amide bonds. The van der Waals surface area contributed by atoms with Gasteiger partial charge >= 0.3 is 6.09 Å². The van der Waals surface area contributed by atoms with Gasteiger partial charge in [-0.1, -0.05) is 18.2 Å². The third kappa shape index (κ3) is 3.08. The molecule has 1 fully saturated rings. The predicted molar refractivity (Wildman–Crippen MR) is 61.6 cm³/mol. The summed E-state index contributed by atoms with van der Waals surface area (Å²) in [6.07, 6.45) is 7.43. The van der Waals surface area contributed by atoms with Crippen molar-refractivity contribution in [3.8, 4) is 0 Å². The molecule has 0 spiro atoms. The van der Waals surface area contributed by atoms with Gasteiger partial charge in [0.25, 0.3) is 0 Å². The van der Waals surface area contributed by atoms with E-state index in [4.69, 9.17) is 14.6 Å². The van der Waals surface area contributed by atoms with E-state index in [1.165, 1.54) is 0 Å². The second-order valence-electron chi connectivity index (χ2n) is 4.42. The van der Waals surface area contributed by atoms with E-state index in [0.717, 1.165) is 18.4 Å². The number of rotatable bonds is 4. The number of allylic oxidation sites excluding steroid dienone is 3. The molecule has 0 atom stereocenters. The molecule has 0 aromatic carbocycles. The summed E-state index contributed by atoms with van der Waals surface area (Å²) in [5, 5.41) is 11.8. The average Bonchev–Trinajstić information content (AvgIpc) is 2.33. The highest BCUT2D eigenvalue weighted by molar-refractivity contribution is 5.68. The maximum absolute atomic E-state index is 11.5. The molecule has 0 radical (unpaired) electrons. The lowest BCUT2D eigenvalue weighted by molar-refractivity contribution is -0.0940. The summed E-state index contributed by atoms with van der Waals surface area (Å²) in [6, 6.07) is 0. The summed E-state index contributed by atoms with van der Waals surface area (Å²) in [6.45, 7) is 0.847. The van der Waals surface area contributed by atoms with Gasteiger partial charge in [0, 0.05) is 0 Å². The number of amides is 1. The summed E-state index contributed by atoms with van der Waals surface area (Å²) in [5.41, 5.74) is 0.461. The molecule has 0 saturated carbocycles. The van der Waals surface area contributed by atoms with Crippen molar-refractivity contribution in [2.75, 3.05) is 26.4 Å². The van der Waals surface area contributed by atoms with E-state index in [9.17, 15) is 4.79 Å². The molecule has 1 saturated heterocycles. The molecular weight excluding hydrogens is 222 g/mol. The second kappa shape index (κ2) is 5.33. The van der Waals surface area contributed by atoms with Crippen molar-refractivity contribution in [1.82, 2.24) is 5.32 Å². The van der Waals surface area contributed by atoms with Crippen LogP contribution < -0.4 is 5.32 Å². The van der Waals surface area contributed by atoms with Crippen LogP contribution in [0.5, 0.6) is 0 Å². The molecule has 1 aliphatic carbocycles. The van der Waals surface area contributed by atoms with Crippen LogP contribution in [0.4, 0.5) is 4.79 Å². The summed E-state index contributed by atoms with van der Waals surface area (Å²) >= 11 is 0. The van der Waals surface area contributed by atoms with Crippen LogP contribution in [0.25, 0.3) is 0 Å². The molecule has 1 aliphatic heterocycles. The zero-order chi connectivity index (χ0) is 12.1. The SMILES string of the molecule is O=C(NC1(CO)COC1)OCC1=CC=CCC1. The van der Waals surface area contributed by atoms with Gasteiger partial charge in [-0.3, -0.25) is 0 Å². The lowest BCUT2D eigenvalue weighted by Crippen LogP contribution is -2.64. The number of carbonyl (C=O) groups excluding carboxylic acids is 1. The van der Waals surface area contributed by atoms with Gasteiger partial charge in [0.15, 0.2) is 0 Å². The Morgan fingerprint density at radius 2 is 2.41 bits per heavy atom. The summed E-state index contributed by atoms with van der Waals surface area (Å²) < 4.78 is 10.1. The standard InChI is InChI=1S/C12H17NO4/c14-7-12(8-16-9-12)13-11(15)17-6-10-4-2-1-3-5-10/h1-2,4,14H,3,5-9H2,(H,13,15). The van der Waals surface area contributed by atoms with Gasteiger partial charge in [-0.15, -0.1) is 0 Å². The van der Waals surface area contributed by atoms with Crippen molar-refractivity contribution in [3.63, 3.8) is 0 Å². The number of nitrogens with one attached hydrogen (secondary N) is 1. The summed E-state index contributed by atoms with van der Waals surface area (Å²) in [4.78, 5) is 11.5. The zero-order valence-corrected chi connectivity index (χ0v) is 9.65. The van der Waals surface area contributed by atoms with Crippen molar-refractivity contribution in [3.05, 3.63) is 23.8 Å². The fourth-order valence-corrected chi connectivity index (χ4v) is 1.73. The fraction of sp³-hybridized carbons (Fsp3) is 0.583. The molecule has 1 heterocycles. The highest BCUT2D eigenvalue weighted by Crippen LogP contribution is 2.16. The molecule has 2 N–H and O–H groups in total. The average molecular weight is 239 g/mol. The topological polar surface area (TPSA) is 67.8 Å². The maximum Gasteiger partial charge on any atom is 0.408 e. The van der Waals surface area contributed by atoms with Gasteiger partial charge < -0.3 is 19.9 Å². The number of alkyl carbamates (subject to hydrolysis) is 1. The Morgan fingerprint density at radius 3 is 2.94 bits per heavy atom. The van der Waals surface area contributed by atoms with Gasteiger partial charge in [-0.2, -0.15) is 0 Å². The number of aliphatic hydroxyl groups is 1. The van der Waals surface area contributed by atoms with Crippen LogP contribution in [0.15, 0.2) is 23.8 Å². The lowest BCUT2D eigenvalue weighted by atomic mass is 9.99. The third-order valence-electron chi connectivity index (χ3n) is 2.92. The van der Waals surface area contributed by atoms with Crippen LogP contribution in [-0.4, -0.2) is 43.2 Å². The zero-order valence-electron chi connectivity index (χ0n) is 9.65. The second-order valence-corrected chi connectivity index (χ2v) is 4.42. The normalized spacial score (nSPS) is 21.4. The minimum Gasteiger partial charge on any atom is -0.445 e. The van der Waals surface area contributed by atoms with E-state index in [1.54, 1.807) is 0 Å². The highest BCUT2D eigenvalue weighted by Gasteiger charge is 2.40. The molecule has 5 nitrogen and oxygen atoms in total. The molecule has 0 unspecified atom stereocenters. The summed E-state index contributed by atoms with van der Waals surface area (Å²) in [7, 11) is 0. The first kappa shape index (κ1) is 12.1. The van der Waals surface area contributed by atoms with Gasteiger partial charge in [0.2, 0.25) is 0 Å². The first-order valence-electron chi connectivity index (χ1n) is 5.72. The molecule has 2 aliphatic rings. The van der Waals surface area contributed by atoms with Crippen molar-refractivity contribution >= 4 is 6.09 Å². The quantitative estimate of drug-likeness (QED) is 0.759. The number of ether oxygens (including phenoxy) is 2. The fourth-order valence-electron chi connectivity index (χ4n) is 1.73. The number of aliphatic hydroxyl groups excluding tert-OH is 1. The number of carbonyl (C=O) groups is 1. The lowest BCUT2D eigenvalue weighted by Gasteiger charge is -2.39. The van der Waals surface area contributed by atoms with Crippen molar-refractivity contribution < 1.29 is 19.4 Å². The molecule has 5 heteroatoms. The Labute approximate surface area is 100 Å². The molecule has 0 aromatic rings. The van der Waals surface area contributed by atoms with E-state index < -0.39 is 11.6 Å². The van der Waals surface area contributed by atoms with Crippen LogP contribution in [0.2, 0.25) is 0 Å². The Bertz CT molecular complexity index is 339. The van der Waals surface area contributed by atoms with E-state index in [1.807, 2.05) is 12.2 Å². The molecule has 0 aromatic heterocycles. The van der Waals surface area contributed by atoms with Crippen molar-refractivity contribution in [2.24, 2.45) is 0 Å². The molecular formula is C12H17NO4. The van der Waals surface area contributed by atoms with Crippen LogP contribution >= 0.6 is 0 Å². The number of hydrogen-bond acceptors (Lipinski definition) is 4. The van der Waals surface area contributed by atoms with Gasteiger partial charge in [-0.05, 0) is 18.4 Å². The van der Waals surface area contributed by atoms with Gasteiger partial charge in [-0.25, -0.2) is 4.79 Å². The minimum atomic E-state index is -0.641. The van der Waals surface area contributed by atoms with Crippen LogP contribution in [-0.2, 0) is 9.47 Å². The Morgan fingerprint density at radius 1 is 1.59 bits per heavy atom. The minimum absolute atomic E-state index is 0.131. The van der Waals surface area contributed by atoms with Gasteiger partial charge in [0.05, 0.1) is 19.8 Å². The van der Waals surface area contributed by atoms with E-state index in [2.05, 4.69) is 11.4 Å². The van der Waals surface area contributed by atoms with Crippen molar-refractivity contribution in [1.29, 1.82) is 0 Å². The third-order valence-corrected chi connectivity index (χ3v) is 2.92. The van der Waals surface area contributed by atoms with Gasteiger partial charge in [0.1, 0.15) is 12.1 Å². The molecule has 17 heavy (non-hydrogen) atoms. The van der Waals surface area contributed by atoms with Crippen LogP contribution in [0.3, 0.4) is 0 Å². The van der Waals surface area contributed by atoms with Crippen molar-refractivity contribution in [2.45, 2.75) is 18.4 Å². The first-order chi connectivity index (χ1) is 8.24. The largest absolute Gasteiger partial charge is 0.445 e. The van der Waals surface area contributed by atoms with Crippen LogP contribution in [0.1, 0.15) is 12.8 Å². The highest BCUT2D eigenvalue weighted by atomic mass is 16.6. The molecule has 0 bridgehead atoms. The smallest absolute Gasteiger partial charge is 0.408 e. The Hall–Kier alpha value is -1.33. The van der Waals surface area contributed by atoms with E-state index in [0.29, 0.717) is 19.8 Å². The summed E-state index contributed by atoms with van der Waals surface area (Å²) in [5.74, 6) is 0. The monoisotopic (exact) mass is 239 g/mol. The van der Waals surface area contributed by atoms with Crippen LogP contribution in [0, 0.1) is 0 Å². The Kier molecular flexibility index (Phi) is 3.81. The Balaban J connectivity index is 1.74. The van der Waals surface area contributed by atoms with E-state index >= 15 is 0 Å². The van der Waals surface area contributed by atoms with E-state index in [-0.39, 0.29) is 6.61 Å².